The van der Waals surface area contributed by atoms with Crippen molar-refractivity contribution in [1.82, 2.24) is 4.90 Å². The Bertz CT molecular complexity index is 921. The molecule has 0 unspecified atom stereocenters. The van der Waals surface area contributed by atoms with Gasteiger partial charge in [0.2, 0.25) is 0 Å². The fraction of sp³-hybridized carbons (Fsp3) is 0.440. The van der Waals surface area contributed by atoms with Crippen LogP contribution < -0.4 is 9.47 Å². The molecule has 166 valence electrons. The fourth-order valence-electron chi connectivity index (χ4n) is 3.71. The molecule has 1 amide bonds. The molecule has 1 aromatic carbocycles. The van der Waals surface area contributed by atoms with Gasteiger partial charge in [0.25, 0.3) is 0 Å². The number of benzene rings is 1. The van der Waals surface area contributed by atoms with Crippen molar-refractivity contribution in [1.29, 1.82) is 0 Å². The first-order valence-corrected chi connectivity index (χ1v) is 10.1. The molecular formula is C25H31NO5. The normalized spacial score (nSPS) is 19.4. The molecule has 0 aromatic heterocycles. The third kappa shape index (κ3) is 4.77. The maximum atomic E-state index is 12.8. The molecule has 2 atom stereocenters. The summed E-state index contributed by atoms with van der Waals surface area (Å²) in [5.41, 5.74) is -0.122. The van der Waals surface area contributed by atoms with Gasteiger partial charge < -0.3 is 19.1 Å². The third-order valence-electron chi connectivity index (χ3n) is 5.19. The number of amides is 1. The Morgan fingerprint density at radius 1 is 1.35 bits per heavy atom. The fourth-order valence-corrected chi connectivity index (χ4v) is 3.71. The van der Waals surface area contributed by atoms with Crippen molar-refractivity contribution < 1.29 is 23.8 Å². The van der Waals surface area contributed by atoms with E-state index >= 15 is 0 Å². The van der Waals surface area contributed by atoms with Crippen molar-refractivity contribution in [2.75, 3.05) is 20.7 Å². The summed E-state index contributed by atoms with van der Waals surface area (Å²) >= 11 is 0. The minimum absolute atomic E-state index is 0.258. The van der Waals surface area contributed by atoms with E-state index in [1.54, 1.807) is 40.0 Å². The summed E-state index contributed by atoms with van der Waals surface area (Å²) < 4.78 is 17.0. The number of nitrogens with zero attached hydrogens (tertiary/aromatic N) is 1. The van der Waals surface area contributed by atoms with Crippen LogP contribution in [0.25, 0.3) is 0 Å². The Morgan fingerprint density at radius 3 is 2.55 bits per heavy atom. The quantitative estimate of drug-likeness (QED) is 0.357. The Kier molecular flexibility index (Phi) is 7.22. The van der Waals surface area contributed by atoms with Gasteiger partial charge in [0.05, 0.1) is 7.11 Å². The smallest absolute Gasteiger partial charge is 0.410 e. The number of ketones is 1. The Hall–Kier alpha value is -3.20. The number of fused-ring (bicyclic) bond motifs is 1. The van der Waals surface area contributed by atoms with Gasteiger partial charge in [0.15, 0.2) is 23.4 Å². The molecule has 0 spiro atoms. The molecule has 1 aromatic rings. The lowest BCUT2D eigenvalue weighted by Crippen LogP contribution is -2.45. The van der Waals surface area contributed by atoms with Gasteiger partial charge in [-0.2, -0.15) is 0 Å². The average molecular weight is 426 g/mol. The number of hydrogen-bond donors (Lipinski definition) is 0. The van der Waals surface area contributed by atoms with Gasteiger partial charge in [-0.05, 0) is 51.3 Å². The van der Waals surface area contributed by atoms with Crippen LogP contribution in [0.5, 0.6) is 11.5 Å². The minimum Gasteiger partial charge on any atom is -0.493 e. The Balaban J connectivity index is 2.53. The zero-order valence-electron chi connectivity index (χ0n) is 19.0. The molecule has 0 bridgehead atoms. The predicted molar refractivity (Wildman–Crippen MR) is 121 cm³/mol. The monoisotopic (exact) mass is 425 g/mol. The molecule has 6 nitrogen and oxygen atoms in total. The van der Waals surface area contributed by atoms with Gasteiger partial charge in [0, 0.05) is 19.2 Å². The van der Waals surface area contributed by atoms with Crippen LogP contribution in [0.2, 0.25) is 0 Å². The zero-order chi connectivity index (χ0) is 23.4. The van der Waals surface area contributed by atoms with Crippen LogP contribution in [0.3, 0.4) is 0 Å². The highest BCUT2D eigenvalue weighted by atomic mass is 16.6. The molecule has 1 aliphatic rings. The summed E-state index contributed by atoms with van der Waals surface area (Å²) in [5.74, 6) is 3.43. The number of allylic oxidation sites excluding steroid dienone is 1. The van der Waals surface area contributed by atoms with E-state index in [0.717, 1.165) is 5.56 Å². The molecule has 0 radical (unpaired) electrons. The maximum Gasteiger partial charge on any atom is 0.410 e. The second-order valence-corrected chi connectivity index (χ2v) is 8.50. The highest BCUT2D eigenvalue weighted by Crippen LogP contribution is 2.51. The number of carbonyl (C=O) groups is 2. The topological polar surface area (TPSA) is 65.1 Å². The van der Waals surface area contributed by atoms with Crippen LogP contribution in [0.4, 0.5) is 4.79 Å². The second kappa shape index (κ2) is 9.30. The van der Waals surface area contributed by atoms with Crippen LogP contribution >= 0.6 is 0 Å². The molecule has 6 heteroatoms. The SMILES string of the molecule is C#C[C@@]1(CCN(C)C(=O)OC(C)(C)C)c2c(CC=C)ccc(OC)c2O[C@H]1C(=O)C=C. The van der Waals surface area contributed by atoms with Gasteiger partial charge in [0.1, 0.15) is 11.0 Å². The molecule has 0 fully saturated rings. The molecule has 0 saturated carbocycles. The summed E-state index contributed by atoms with van der Waals surface area (Å²) in [6.45, 7) is 13.1. The summed E-state index contributed by atoms with van der Waals surface area (Å²) in [4.78, 5) is 26.7. The predicted octanol–water partition coefficient (Wildman–Crippen LogP) is 4.07. The van der Waals surface area contributed by atoms with Crippen LogP contribution in [0.15, 0.2) is 37.4 Å². The minimum atomic E-state index is -1.11. The van der Waals surface area contributed by atoms with E-state index in [1.807, 2.05) is 6.07 Å². The largest absolute Gasteiger partial charge is 0.493 e. The highest BCUT2D eigenvalue weighted by molar-refractivity contribution is 5.96. The first-order valence-electron chi connectivity index (χ1n) is 10.1. The van der Waals surface area contributed by atoms with Crippen LogP contribution in [-0.4, -0.2) is 49.2 Å². The molecular weight excluding hydrogens is 394 g/mol. The summed E-state index contributed by atoms with van der Waals surface area (Å²) in [5, 5.41) is 0. The number of ether oxygens (including phenoxy) is 3. The Labute approximate surface area is 184 Å². The van der Waals surface area contributed by atoms with Crippen LogP contribution in [0, 0.1) is 12.3 Å². The number of rotatable bonds is 8. The van der Waals surface area contributed by atoms with Gasteiger partial charge >= 0.3 is 6.09 Å². The van der Waals surface area contributed by atoms with E-state index in [4.69, 9.17) is 20.6 Å². The number of carbonyl (C=O) groups excluding carboxylic acids is 2. The van der Waals surface area contributed by atoms with Gasteiger partial charge in [-0.1, -0.05) is 24.6 Å². The van der Waals surface area contributed by atoms with E-state index in [-0.39, 0.29) is 18.7 Å². The lowest BCUT2D eigenvalue weighted by molar-refractivity contribution is -0.122. The first kappa shape index (κ1) is 24.1. The summed E-state index contributed by atoms with van der Waals surface area (Å²) in [6.07, 6.45) is 8.42. The van der Waals surface area contributed by atoms with Gasteiger partial charge in [-0.25, -0.2) is 4.79 Å². The summed E-state index contributed by atoms with van der Waals surface area (Å²) in [7, 11) is 3.16. The van der Waals surface area contributed by atoms with Crippen molar-refractivity contribution in [2.45, 2.75) is 50.7 Å². The number of hydrogen-bond acceptors (Lipinski definition) is 5. The third-order valence-corrected chi connectivity index (χ3v) is 5.19. The van der Waals surface area contributed by atoms with Crippen molar-refractivity contribution in [2.24, 2.45) is 0 Å². The van der Waals surface area contributed by atoms with E-state index in [9.17, 15) is 9.59 Å². The first-order chi connectivity index (χ1) is 14.5. The van der Waals surface area contributed by atoms with E-state index in [1.165, 1.54) is 18.1 Å². The Morgan fingerprint density at radius 2 is 2.03 bits per heavy atom. The molecule has 0 aliphatic carbocycles. The van der Waals surface area contributed by atoms with Gasteiger partial charge in [-0.15, -0.1) is 13.0 Å². The lowest BCUT2D eigenvalue weighted by Gasteiger charge is -2.31. The standard InChI is InChI=1S/C25H31NO5/c1-9-12-17-13-14-19(29-8)21-20(17)25(11-3,22(30-21)18(27)10-2)15-16-26(7)23(28)31-24(4,5)6/h3,9-10,13-14,22H,1-2,12,15-16H2,4-8H3/t22-,25+/m0/s1. The lowest BCUT2D eigenvalue weighted by atomic mass is 9.71. The molecule has 1 heterocycles. The molecule has 31 heavy (non-hydrogen) atoms. The highest BCUT2D eigenvalue weighted by Gasteiger charge is 2.53. The average Bonchev–Trinajstić information content (AvgIpc) is 3.06. The second-order valence-electron chi connectivity index (χ2n) is 8.50. The molecule has 1 aliphatic heterocycles. The van der Waals surface area contributed by atoms with E-state index < -0.39 is 23.2 Å². The zero-order valence-corrected chi connectivity index (χ0v) is 19.0. The van der Waals surface area contributed by atoms with Crippen molar-refractivity contribution in [3.05, 3.63) is 48.6 Å². The van der Waals surface area contributed by atoms with E-state index in [0.29, 0.717) is 23.5 Å². The number of terminal acetylenes is 1. The van der Waals surface area contributed by atoms with Gasteiger partial charge in [-0.3, -0.25) is 4.79 Å². The molecule has 0 N–H and O–H groups in total. The van der Waals surface area contributed by atoms with Crippen molar-refractivity contribution >= 4 is 11.9 Å². The molecule has 2 rings (SSSR count). The van der Waals surface area contributed by atoms with Crippen molar-refractivity contribution in [3.8, 4) is 23.8 Å². The maximum absolute atomic E-state index is 12.8. The van der Waals surface area contributed by atoms with Crippen LogP contribution in [0.1, 0.15) is 38.3 Å². The molecule has 0 saturated heterocycles. The van der Waals surface area contributed by atoms with Crippen LogP contribution in [-0.2, 0) is 21.4 Å². The number of methoxy groups -OCH3 is 1. The summed E-state index contributed by atoms with van der Waals surface area (Å²) in [6, 6.07) is 3.68. The van der Waals surface area contributed by atoms with Crippen molar-refractivity contribution in [3.63, 3.8) is 0 Å². The van der Waals surface area contributed by atoms with E-state index in [2.05, 4.69) is 19.1 Å².